The van der Waals surface area contributed by atoms with E-state index in [0.717, 1.165) is 119 Å². The van der Waals surface area contributed by atoms with Gasteiger partial charge in [-0.2, -0.15) is 0 Å². The number of nitrogens with zero attached hydrogens (tertiary/aromatic N) is 5. The van der Waals surface area contributed by atoms with Crippen LogP contribution in [0, 0.1) is 34.9 Å². The molecule has 29 heteroatoms. The summed E-state index contributed by atoms with van der Waals surface area (Å²) in [6.45, 7) is 0.528. The van der Waals surface area contributed by atoms with Crippen molar-refractivity contribution < 1.29 is 84.3 Å². The topological polar surface area (TPSA) is 348 Å². The van der Waals surface area contributed by atoms with Crippen LogP contribution in [0.3, 0.4) is 0 Å². The first kappa shape index (κ1) is 96.3. The number of nitrogens with one attached hydrogen (secondary N) is 1. The highest BCUT2D eigenvalue weighted by atomic mass is 79.9. The number of alkyl halides is 1. The molecule has 0 amide bonds. The molecule has 0 fully saturated rings. The van der Waals surface area contributed by atoms with E-state index in [1.165, 1.54) is 82.4 Å². The number of anilines is 4. The van der Waals surface area contributed by atoms with Crippen LogP contribution in [0.25, 0.3) is 110 Å². The summed E-state index contributed by atoms with van der Waals surface area (Å²) >= 11 is 3.13. The van der Waals surface area contributed by atoms with Gasteiger partial charge in [-0.05, 0) is 187 Å². The first-order valence-electron chi connectivity index (χ1n) is 40.8. The van der Waals surface area contributed by atoms with Crippen molar-refractivity contribution >= 4 is 151 Å². The number of halogens is 7. The first-order valence-corrected chi connectivity index (χ1v) is 42.0. The summed E-state index contributed by atoms with van der Waals surface area (Å²) in [6.07, 6.45) is 0.891. The fourth-order valence-corrected chi connectivity index (χ4v) is 14.6. The molecule has 676 valence electrons. The van der Waals surface area contributed by atoms with Gasteiger partial charge < -0.3 is 66.2 Å². The zero-order valence-electron chi connectivity index (χ0n) is 72.4. The second kappa shape index (κ2) is 45.0. The normalized spacial score (nSPS) is 10.5. The molecule has 3 heterocycles. The fraction of sp³-hybridized carbons (Fsp3) is 0.0762. The third-order valence-corrected chi connectivity index (χ3v) is 21.6. The lowest BCUT2D eigenvalue weighted by Gasteiger charge is -2.12. The largest absolute Gasteiger partial charge is 0.478 e. The number of carboxylic acid groups (broad SMARTS) is 1. The third-order valence-electron chi connectivity index (χ3n) is 20.9. The van der Waals surface area contributed by atoms with Gasteiger partial charge in [-0.1, -0.05) is 204 Å². The number of aromatic carboxylic acids is 1. The highest BCUT2D eigenvalue weighted by molar-refractivity contribution is 9.08. The summed E-state index contributed by atoms with van der Waals surface area (Å²) in [5.74, 6) is -5.74. The van der Waals surface area contributed by atoms with Crippen molar-refractivity contribution in [3.8, 4) is 34.2 Å². The molecule has 0 saturated heterocycles. The van der Waals surface area contributed by atoms with Gasteiger partial charge in [-0.15, -0.1) is 0 Å². The highest BCUT2D eigenvalue weighted by Gasteiger charge is 2.22. The number of nitrogen functional groups attached to an aromatic ring is 4. The molecule has 0 spiro atoms. The lowest BCUT2D eigenvalue weighted by Crippen LogP contribution is -2.05. The second-order valence-electron chi connectivity index (χ2n) is 29.4. The minimum Gasteiger partial charge on any atom is -0.478 e. The SMILES string of the molecule is CO.COC(=O)c1ccc(N)c(N)c1.COC(=O)c1ccc2c(c1)nc(-c1cccc3ccccc13)n2Cc1ccc(F)c(F)c1.COC(=O)c1ccc2nc(-c3cccc4ccccc34)[nH]c2c1.COC(=O)c1ccc2nc(-c3cccc4ccccc34)n(Cc3ccc(F)c(F)c3)c2c1.Fc1ccc(CBr)cc1F.Nc1ccc(C(=O)O)cc1N.O=Cc1cccc2ccccc12. The minimum absolute atomic E-state index is 0.150. The van der Waals surface area contributed by atoms with Crippen molar-refractivity contribution in [2.75, 3.05) is 58.5 Å². The molecule has 0 unspecified atom stereocenters. The van der Waals surface area contributed by atoms with Crippen LogP contribution in [0.15, 0.2) is 315 Å². The van der Waals surface area contributed by atoms with Crippen molar-refractivity contribution in [1.82, 2.24) is 29.1 Å². The molecule has 22 nitrogen and oxygen atoms in total. The molecule has 19 rings (SSSR count). The number of esters is 4. The predicted molar refractivity (Wildman–Crippen MR) is 515 cm³/mol. The van der Waals surface area contributed by atoms with Crippen molar-refractivity contribution in [1.29, 1.82) is 0 Å². The number of imidazole rings is 3. The Kier molecular flexibility index (Phi) is 32.3. The van der Waals surface area contributed by atoms with Crippen LogP contribution >= 0.6 is 15.9 Å². The molecule has 3 aromatic heterocycles. The average Bonchev–Trinajstić information content (AvgIpc) is 1.61. The summed E-state index contributed by atoms with van der Waals surface area (Å²) in [6, 6.07) is 91.8. The number of benzene rings is 16. The van der Waals surface area contributed by atoms with E-state index in [9.17, 15) is 55.1 Å². The van der Waals surface area contributed by atoms with Gasteiger partial charge in [0.2, 0.25) is 0 Å². The fourth-order valence-electron chi connectivity index (χ4n) is 14.3. The maximum absolute atomic E-state index is 13.9. The maximum atomic E-state index is 13.9. The van der Waals surface area contributed by atoms with Crippen LogP contribution in [-0.2, 0) is 37.4 Å². The van der Waals surface area contributed by atoms with Crippen molar-refractivity contribution in [2.45, 2.75) is 18.4 Å². The maximum Gasteiger partial charge on any atom is 0.337 e. The molecule has 16 aromatic carbocycles. The van der Waals surface area contributed by atoms with E-state index in [0.29, 0.717) is 89.7 Å². The molecule has 0 bridgehead atoms. The van der Waals surface area contributed by atoms with Gasteiger partial charge in [0.05, 0.1) is 112 Å². The molecule has 134 heavy (non-hydrogen) atoms. The number of carbonyl (C=O) groups excluding carboxylic acids is 5. The highest BCUT2D eigenvalue weighted by Crippen LogP contribution is 2.36. The lowest BCUT2D eigenvalue weighted by molar-refractivity contribution is 0.0592. The molecule has 11 N–H and O–H groups in total. The molecule has 0 radical (unpaired) electrons. The van der Waals surface area contributed by atoms with Crippen molar-refractivity contribution in [3.63, 3.8) is 0 Å². The zero-order valence-corrected chi connectivity index (χ0v) is 74.0. The van der Waals surface area contributed by atoms with Crippen LogP contribution in [0.2, 0.25) is 0 Å². The summed E-state index contributed by atoms with van der Waals surface area (Å²) in [5.41, 5.74) is 35.0. The predicted octanol–water partition coefficient (Wildman–Crippen LogP) is 22.4. The Labute approximate surface area is 771 Å². The van der Waals surface area contributed by atoms with Gasteiger partial charge in [-0.25, -0.2) is 65.3 Å². The van der Waals surface area contributed by atoms with Gasteiger partial charge in [0.1, 0.15) is 17.5 Å². The van der Waals surface area contributed by atoms with Crippen LogP contribution in [0.1, 0.15) is 78.8 Å². The number of hydrogen-bond acceptors (Lipinski definition) is 18. The number of rotatable bonds is 14. The number of aliphatic hydroxyl groups is 1. The summed E-state index contributed by atoms with van der Waals surface area (Å²) in [5, 5.41) is 24.7. The second-order valence-corrected chi connectivity index (χ2v) is 29.9. The Morgan fingerprint density at radius 3 is 1.19 bits per heavy atom. The Bertz CT molecular complexity index is 7460. The van der Waals surface area contributed by atoms with Crippen LogP contribution < -0.4 is 22.9 Å². The molecule has 0 aliphatic rings. The number of carboxylic acids is 1. The quantitative estimate of drug-likeness (QED) is 0.0133. The first-order chi connectivity index (χ1) is 64.8. The van der Waals surface area contributed by atoms with E-state index in [4.69, 9.17) is 57.3 Å². The summed E-state index contributed by atoms with van der Waals surface area (Å²) < 4.78 is 102. The number of aromatic nitrogens is 6. The van der Waals surface area contributed by atoms with Crippen molar-refractivity contribution in [3.05, 3.63) is 400 Å². The molecule has 0 aliphatic heterocycles. The van der Waals surface area contributed by atoms with Gasteiger partial charge in [0.15, 0.2) is 41.2 Å². The Morgan fingerprint density at radius 2 is 0.724 bits per heavy atom. The van der Waals surface area contributed by atoms with Crippen LogP contribution in [0.5, 0.6) is 0 Å². The van der Waals surface area contributed by atoms with E-state index in [1.54, 1.807) is 72.8 Å². The Balaban J connectivity index is 0.000000148. The van der Waals surface area contributed by atoms with E-state index in [2.05, 4.69) is 48.8 Å². The number of carbonyl (C=O) groups is 6. The number of aromatic amines is 1. The van der Waals surface area contributed by atoms with E-state index in [-0.39, 0.29) is 24.6 Å². The molecular formula is C105H85BrF6N10O12. The van der Waals surface area contributed by atoms with E-state index in [1.807, 2.05) is 167 Å². The lowest BCUT2D eigenvalue weighted by atomic mass is 10.0. The van der Waals surface area contributed by atoms with Gasteiger partial charge in [0.25, 0.3) is 0 Å². The number of aldehydes is 1. The van der Waals surface area contributed by atoms with Gasteiger partial charge in [0, 0.05) is 47.8 Å². The number of fused-ring (bicyclic) bond motifs is 7. The molecule has 0 aliphatic carbocycles. The smallest absolute Gasteiger partial charge is 0.337 e. The summed E-state index contributed by atoms with van der Waals surface area (Å²) in [7, 11) is 6.35. The number of ether oxygens (including phenoxy) is 4. The zero-order chi connectivity index (χ0) is 95.8. The molecule has 19 aromatic rings. The van der Waals surface area contributed by atoms with Gasteiger partial charge >= 0.3 is 29.8 Å². The van der Waals surface area contributed by atoms with E-state index < -0.39 is 58.8 Å². The number of methoxy groups -OCH3 is 4. The Hall–Kier alpha value is -16.8. The minimum atomic E-state index is -1.00. The van der Waals surface area contributed by atoms with Crippen LogP contribution in [0.4, 0.5) is 49.1 Å². The Morgan fingerprint density at radius 1 is 0.358 bits per heavy atom. The van der Waals surface area contributed by atoms with Crippen LogP contribution in [-0.4, -0.2) is 111 Å². The third kappa shape index (κ3) is 23.1. The molecule has 0 saturated carbocycles. The van der Waals surface area contributed by atoms with E-state index >= 15 is 0 Å². The number of aliphatic hydroxyl groups excluding tert-OH is 1. The monoisotopic (exact) mass is 1870 g/mol. The number of H-pyrrole nitrogens is 1. The number of hydrogen-bond donors (Lipinski definition) is 7. The van der Waals surface area contributed by atoms with Gasteiger partial charge in [-0.3, -0.25) is 4.79 Å². The molecular weight excluding hydrogens is 1790 g/mol. The average molecular weight is 1870 g/mol. The standard InChI is InChI=1S/2C26H18F2N2O2.C19H14N2O2.C11H8O.C8H10N2O2.C7H5BrF2.C7H8N2O2.CH4O/c1-32-26(31)18-10-12-24-23(14-18)29-25(20-8-4-6-17-5-2-3-7-19(17)20)30(24)15-16-9-11-21(27)22(28)13-16;1-32-26(31)18-10-12-23-24(14-18)30(15-16-9-11-21(27)22(28)13-16)25(29-23)20-8-4-6-17-5-2-3-7-19(17)20;1-23-19(22)13-9-10-16-17(11-13)21-18(20-16)15-8-4-6-12-5-2-3-7-14(12)15;12-8-10-6-3-5-9-4-1-2-7-11(9)10;1-12-8(11)5-2-3-6(9)7(10)4-5;8-4-5-1-2-6(9)7(10)3-5;8-5-2-1-4(7(10)11)3-6(5)9;1-2/h2*2-14H,15H2,1H3;2-11H,1H3,(H,20,21);1-8H;2-4H,9-10H2,1H3;1-3H,4H2;1-3H,8-9H2,(H,10,11);2H,1H3. The molecule has 0 atom stereocenters. The van der Waals surface area contributed by atoms with Crippen molar-refractivity contribution in [2.24, 2.45) is 0 Å². The number of nitrogens with two attached hydrogens (primary N) is 4. The summed E-state index contributed by atoms with van der Waals surface area (Å²) in [4.78, 5) is 85.4.